The molecule has 0 unspecified atom stereocenters. The van der Waals surface area contributed by atoms with E-state index in [0.717, 1.165) is 6.07 Å². The van der Waals surface area contributed by atoms with Crippen LogP contribution < -0.4 is 0 Å². The zero-order chi connectivity index (χ0) is 11.2. The van der Waals surface area contributed by atoms with Gasteiger partial charge in [0.2, 0.25) is 0 Å². The largest absolute Gasteiger partial charge is 0.416 e. The number of hydrogen-bond acceptors (Lipinski definition) is 1. The van der Waals surface area contributed by atoms with Crippen molar-refractivity contribution in [3.05, 3.63) is 28.0 Å². The van der Waals surface area contributed by atoms with Crippen LogP contribution in [0.15, 0.2) is 16.9 Å². The van der Waals surface area contributed by atoms with E-state index < -0.39 is 11.7 Å². The molecule has 1 aromatic heterocycles. The molecule has 1 heterocycles. The van der Waals surface area contributed by atoms with Gasteiger partial charge >= 0.3 is 6.18 Å². The summed E-state index contributed by atoms with van der Waals surface area (Å²) in [6.07, 6.45) is -2.97. The second-order valence-corrected chi connectivity index (χ2v) is 3.95. The van der Waals surface area contributed by atoms with E-state index in [1.807, 2.05) is 0 Å². The van der Waals surface area contributed by atoms with Crippen molar-refractivity contribution >= 4 is 27.0 Å². The monoisotopic (exact) mass is 278 g/mol. The molecule has 0 aliphatic rings. The van der Waals surface area contributed by atoms with E-state index in [1.165, 1.54) is 13.3 Å². The number of aromatic amines is 1. The number of aromatic nitrogens is 2. The average molecular weight is 279 g/mol. The minimum absolute atomic E-state index is 0.155. The van der Waals surface area contributed by atoms with Crippen LogP contribution in [-0.2, 0) is 6.18 Å². The van der Waals surface area contributed by atoms with E-state index >= 15 is 0 Å². The Hall–Kier alpha value is -1.04. The standard InChI is InChI=1S/C9H6BrF3N2/c1-4-5(9(11,12)13)2-6-8(7(4)10)15-3-14-6/h2-3H,1H3,(H,14,15). The molecule has 15 heavy (non-hydrogen) atoms. The summed E-state index contributed by atoms with van der Waals surface area (Å²) in [5.74, 6) is 0. The summed E-state index contributed by atoms with van der Waals surface area (Å²) in [5.41, 5.74) is 0.397. The molecular formula is C9H6BrF3N2. The highest BCUT2D eigenvalue weighted by molar-refractivity contribution is 9.10. The van der Waals surface area contributed by atoms with Crippen molar-refractivity contribution in [2.24, 2.45) is 0 Å². The molecule has 2 rings (SSSR count). The van der Waals surface area contributed by atoms with Gasteiger partial charge in [0.25, 0.3) is 0 Å². The zero-order valence-corrected chi connectivity index (χ0v) is 9.20. The number of fused-ring (bicyclic) bond motifs is 1. The molecule has 0 aliphatic carbocycles. The molecule has 0 atom stereocenters. The van der Waals surface area contributed by atoms with E-state index in [9.17, 15) is 13.2 Å². The number of benzene rings is 1. The van der Waals surface area contributed by atoms with Gasteiger partial charge in [0.05, 0.1) is 17.4 Å². The fraction of sp³-hybridized carbons (Fsp3) is 0.222. The van der Waals surface area contributed by atoms with Crippen LogP contribution in [-0.4, -0.2) is 9.97 Å². The lowest BCUT2D eigenvalue weighted by Gasteiger charge is -2.11. The summed E-state index contributed by atoms with van der Waals surface area (Å²) in [7, 11) is 0. The number of H-pyrrole nitrogens is 1. The molecule has 0 aliphatic heterocycles. The van der Waals surface area contributed by atoms with E-state index in [1.54, 1.807) is 0 Å². The fourth-order valence-electron chi connectivity index (χ4n) is 1.43. The van der Waals surface area contributed by atoms with Gasteiger partial charge in [-0.3, -0.25) is 0 Å². The van der Waals surface area contributed by atoms with Crippen molar-refractivity contribution in [1.82, 2.24) is 9.97 Å². The summed E-state index contributed by atoms with van der Waals surface area (Å²) in [6.45, 7) is 1.42. The Bertz CT molecular complexity index is 516. The number of nitrogens with zero attached hydrogens (tertiary/aromatic N) is 1. The van der Waals surface area contributed by atoms with Crippen molar-refractivity contribution in [2.75, 3.05) is 0 Å². The van der Waals surface area contributed by atoms with E-state index in [0.29, 0.717) is 15.5 Å². The van der Waals surface area contributed by atoms with Crippen LogP contribution in [0.1, 0.15) is 11.1 Å². The molecule has 80 valence electrons. The molecule has 1 N–H and O–H groups in total. The van der Waals surface area contributed by atoms with E-state index in [2.05, 4.69) is 25.9 Å². The summed E-state index contributed by atoms with van der Waals surface area (Å²) < 4.78 is 38.2. The molecule has 0 amide bonds. The van der Waals surface area contributed by atoms with E-state index in [4.69, 9.17) is 0 Å². The quantitative estimate of drug-likeness (QED) is 0.783. The molecule has 0 fully saturated rings. The highest BCUT2D eigenvalue weighted by Gasteiger charge is 2.34. The predicted molar refractivity (Wildman–Crippen MR) is 53.5 cm³/mol. The second kappa shape index (κ2) is 3.23. The third kappa shape index (κ3) is 1.62. The SMILES string of the molecule is Cc1c(C(F)(F)F)cc2[nH]cnc2c1Br. The summed E-state index contributed by atoms with van der Waals surface area (Å²) in [5, 5.41) is 0. The zero-order valence-electron chi connectivity index (χ0n) is 7.61. The minimum atomic E-state index is -4.34. The molecule has 0 spiro atoms. The maximum Gasteiger partial charge on any atom is 0.416 e. The van der Waals surface area contributed by atoms with Crippen LogP contribution in [0, 0.1) is 6.92 Å². The van der Waals surface area contributed by atoms with Gasteiger partial charge in [-0.15, -0.1) is 0 Å². The molecule has 6 heteroatoms. The molecule has 0 radical (unpaired) electrons. The first kappa shape index (κ1) is 10.5. The number of hydrogen-bond donors (Lipinski definition) is 1. The molecular weight excluding hydrogens is 273 g/mol. The van der Waals surface area contributed by atoms with Crippen molar-refractivity contribution in [3.63, 3.8) is 0 Å². The van der Waals surface area contributed by atoms with Crippen molar-refractivity contribution in [2.45, 2.75) is 13.1 Å². The Morgan fingerprint density at radius 1 is 1.40 bits per heavy atom. The molecule has 0 bridgehead atoms. The Labute approximate surface area is 91.6 Å². The number of alkyl halides is 3. The average Bonchev–Trinajstić information content (AvgIpc) is 2.57. The summed E-state index contributed by atoms with van der Waals surface area (Å²) in [4.78, 5) is 6.59. The lowest BCUT2D eigenvalue weighted by atomic mass is 10.1. The van der Waals surface area contributed by atoms with Crippen LogP contribution in [0.5, 0.6) is 0 Å². The minimum Gasteiger partial charge on any atom is -0.345 e. The van der Waals surface area contributed by atoms with Crippen molar-refractivity contribution in [3.8, 4) is 0 Å². The van der Waals surface area contributed by atoms with Crippen molar-refractivity contribution < 1.29 is 13.2 Å². The van der Waals surface area contributed by atoms with Gasteiger partial charge in [0.1, 0.15) is 5.52 Å². The summed E-state index contributed by atoms with van der Waals surface area (Å²) >= 11 is 3.12. The predicted octanol–water partition coefficient (Wildman–Crippen LogP) is 3.65. The van der Waals surface area contributed by atoms with Gasteiger partial charge in [-0.1, -0.05) is 0 Å². The molecule has 1 aromatic carbocycles. The van der Waals surface area contributed by atoms with Crippen LogP contribution in [0.4, 0.5) is 13.2 Å². The van der Waals surface area contributed by atoms with Crippen LogP contribution in [0.25, 0.3) is 11.0 Å². The molecule has 0 saturated heterocycles. The van der Waals surface area contributed by atoms with Gasteiger partial charge in [-0.2, -0.15) is 13.2 Å². The van der Waals surface area contributed by atoms with Gasteiger partial charge < -0.3 is 4.98 Å². The lowest BCUT2D eigenvalue weighted by Crippen LogP contribution is -2.07. The third-order valence-electron chi connectivity index (χ3n) is 2.20. The van der Waals surface area contributed by atoms with Crippen LogP contribution in [0.2, 0.25) is 0 Å². The molecule has 2 nitrogen and oxygen atoms in total. The Balaban J connectivity index is 2.82. The maximum absolute atomic E-state index is 12.6. The maximum atomic E-state index is 12.6. The van der Waals surface area contributed by atoms with Gasteiger partial charge in [-0.05, 0) is 34.5 Å². The van der Waals surface area contributed by atoms with Crippen molar-refractivity contribution in [1.29, 1.82) is 0 Å². The first-order valence-corrected chi connectivity index (χ1v) is 4.90. The van der Waals surface area contributed by atoms with E-state index in [-0.39, 0.29) is 5.56 Å². The third-order valence-corrected chi connectivity index (χ3v) is 3.17. The van der Waals surface area contributed by atoms with Gasteiger partial charge in [0.15, 0.2) is 0 Å². The first-order chi connectivity index (χ1) is 6.91. The Kier molecular flexibility index (Phi) is 2.26. The number of halogens is 4. The number of imidazole rings is 1. The first-order valence-electron chi connectivity index (χ1n) is 4.10. The van der Waals surface area contributed by atoms with Crippen LogP contribution in [0.3, 0.4) is 0 Å². The highest BCUT2D eigenvalue weighted by Crippen LogP contribution is 2.37. The fourth-order valence-corrected chi connectivity index (χ4v) is 1.96. The van der Waals surface area contributed by atoms with Crippen LogP contribution >= 0.6 is 15.9 Å². The Morgan fingerprint density at radius 2 is 2.07 bits per heavy atom. The topological polar surface area (TPSA) is 28.7 Å². The summed E-state index contributed by atoms with van der Waals surface area (Å²) in [6, 6.07) is 1.07. The number of rotatable bonds is 0. The van der Waals surface area contributed by atoms with Gasteiger partial charge in [-0.25, -0.2) is 4.98 Å². The van der Waals surface area contributed by atoms with Gasteiger partial charge in [0, 0.05) is 4.47 Å². The molecule has 2 aromatic rings. The number of nitrogens with one attached hydrogen (secondary N) is 1. The lowest BCUT2D eigenvalue weighted by molar-refractivity contribution is -0.138. The second-order valence-electron chi connectivity index (χ2n) is 3.16. The molecule has 0 saturated carbocycles. The smallest absolute Gasteiger partial charge is 0.345 e. The Morgan fingerprint density at radius 3 is 2.67 bits per heavy atom. The highest BCUT2D eigenvalue weighted by atomic mass is 79.9. The normalized spacial score (nSPS) is 12.3.